The molecule has 0 spiro atoms. The molecule has 3 aromatic rings. The Bertz CT molecular complexity index is 1330. The number of aromatic nitrogens is 4. The predicted molar refractivity (Wildman–Crippen MR) is 151 cm³/mol. The van der Waals surface area contributed by atoms with Crippen LogP contribution in [0.3, 0.4) is 0 Å². The Morgan fingerprint density at radius 2 is 2.00 bits per heavy atom. The van der Waals surface area contributed by atoms with Gasteiger partial charge in [-0.15, -0.1) is 0 Å². The highest BCUT2D eigenvalue weighted by Crippen LogP contribution is 2.38. The van der Waals surface area contributed by atoms with Crippen molar-refractivity contribution in [2.24, 2.45) is 0 Å². The Balaban J connectivity index is 1.45. The van der Waals surface area contributed by atoms with Crippen molar-refractivity contribution < 1.29 is 14.3 Å². The second kappa shape index (κ2) is 11.8. The molecule has 11 heteroatoms. The topological polar surface area (TPSA) is 110 Å². The van der Waals surface area contributed by atoms with Crippen LogP contribution in [-0.4, -0.2) is 77.1 Å². The van der Waals surface area contributed by atoms with E-state index in [1.54, 1.807) is 13.3 Å². The first-order valence-corrected chi connectivity index (χ1v) is 13.3. The van der Waals surface area contributed by atoms with Gasteiger partial charge in [-0.25, -0.2) is 9.67 Å². The van der Waals surface area contributed by atoms with E-state index in [1.807, 2.05) is 22.9 Å². The fraction of sp³-hybridized carbons (Fsp3) is 0.429. The maximum Gasteiger partial charge on any atom is 0.247 e. The highest BCUT2D eigenvalue weighted by Gasteiger charge is 2.22. The Morgan fingerprint density at radius 3 is 2.67 bits per heavy atom. The van der Waals surface area contributed by atoms with Gasteiger partial charge in [0.1, 0.15) is 5.75 Å². The number of morpholine rings is 1. The summed E-state index contributed by atoms with van der Waals surface area (Å²) in [5.74, 6) is 1.65. The maximum atomic E-state index is 12.2. The monoisotopic (exact) mass is 532 g/mol. The molecule has 0 saturated carbocycles. The third-order valence-electron chi connectivity index (χ3n) is 6.95. The number of ether oxygens (including phenoxy) is 2. The largest absolute Gasteiger partial charge is 0.494 e. The van der Waals surface area contributed by atoms with Crippen LogP contribution in [0.5, 0.6) is 5.75 Å². The normalized spacial score (nSPS) is 15.6. The molecule has 39 heavy (non-hydrogen) atoms. The van der Waals surface area contributed by atoms with Crippen LogP contribution in [0, 0.1) is 0 Å². The molecule has 0 unspecified atom stereocenters. The molecule has 1 aromatic carbocycles. The first kappa shape index (κ1) is 26.6. The number of carbonyl (C=O) groups is 1. The number of rotatable bonds is 10. The van der Waals surface area contributed by atoms with Gasteiger partial charge in [0.05, 0.1) is 43.1 Å². The lowest BCUT2D eigenvalue weighted by Gasteiger charge is -2.31. The van der Waals surface area contributed by atoms with Crippen molar-refractivity contribution >= 4 is 28.9 Å². The fourth-order valence-corrected chi connectivity index (χ4v) is 4.77. The van der Waals surface area contributed by atoms with E-state index in [0.29, 0.717) is 61.1 Å². The van der Waals surface area contributed by atoms with Crippen molar-refractivity contribution in [1.29, 1.82) is 0 Å². The van der Waals surface area contributed by atoms with Gasteiger partial charge in [-0.2, -0.15) is 10.1 Å². The van der Waals surface area contributed by atoms with E-state index in [2.05, 4.69) is 52.0 Å². The number of benzene rings is 1. The van der Waals surface area contributed by atoms with E-state index in [4.69, 9.17) is 19.6 Å². The lowest BCUT2D eigenvalue weighted by atomic mass is 10.1. The SMILES string of the molecule is C=CC(=O)Nc1cc(Nc2nccc(-n3cc(CN4CCC4)c(C(C)C)n3)n2)c(OC)cc1N1CCOCC1. The van der Waals surface area contributed by atoms with Crippen LogP contribution < -0.4 is 20.3 Å². The van der Waals surface area contributed by atoms with Crippen molar-refractivity contribution in [2.45, 2.75) is 32.7 Å². The lowest BCUT2D eigenvalue weighted by Crippen LogP contribution is -2.36. The van der Waals surface area contributed by atoms with E-state index in [-0.39, 0.29) is 5.91 Å². The molecule has 0 atom stereocenters. The third-order valence-corrected chi connectivity index (χ3v) is 6.95. The van der Waals surface area contributed by atoms with Crippen molar-refractivity contribution in [1.82, 2.24) is 24.6 Å². The number of hydrogen-bond acceptors (Lipinski definition) is 9. The molecular formula is C28H36N8O3. The molecule has 2 aliphatic rings. The minimum atomic E-state index is -0.299. The average molecular weight is 533 g/mol. The van der Waals surface area contributed by atoms with Gasteiger partial charge in [0.15, 0.2) is 5.82 Å². The van der Waals surface area contributed by atoms with Gasteiger partial charge < -0.3 is 25.0 Å². The molecule has 4 heterocycles. The number of anilines is 4. The summed E-state index contributed by atoms with van der Waals surface area (Å²) in [4.78, 5) is 26.0. The first-order chi connectivity index (χ1) is 18.9. The summed E-state index contributed by atoms with van der Waals surface area (Å²) in [6.45, 7) is 13.7. The molecule has 2 fully saturated rings. The quantitative estimate of drug-likeness (QED) is 0.378. The molecule has 5 rings (SSSR count). The molecule has 2 aliphatic heterocycles. The Kier molecular flexibility index (Phi) is 8.08. The summed E-state index contributed by atoms with van der Waals surface area (Å²) in [6.07, 6.45) is 6.27. The molecule has 0 bridgehead atoms. The second-order valence-corrected chi connectivity index (χ2v) is 9.99. The molecule has 206 valence electrons. The van der Waals surface area contributed by atoms with Crippen LogP contribution in [0.2, 0.25) is 0 Å². The Labute approximate surface area is 228 Å². The molecule has 1 amide bonds. The van der Waals surface area contributed by atoms with Gasteiger partial charge >= 0.3 is 0 Å². The highest BCUT2D eigenvalue weighted by atomic mass is 16.5. The maximum absolute atomic E-state index is 12.2. The van der Waals surface area contributed by atoms with Gasteiger partial charge in [0.2, 0.25) is 11.9 Å². The van der Waals surface area contributed by atoms with E-state index in [1.165, 1.54) is 18.1 Å². The highest BCUT2D eigenvalue weighted by molar-refractivity contribution is 6.02. The van der Waals surface area contributed by atoms with Gasteiger partial charge in [0, 0.05) is 49.7 Å². The summed E-state index contributed by atoms with van der Waals surface area (Å²) >= 11 is 0. The molecule has 2 saturated heterocycles. The number of hydrogen-bond donors (Lipinski definition) is 2. The standard InChI is InChI=1S/C28H36N8O3/c1-5-26(37)30-21-15-22(24(38-4)16-23(21)35-11-13-39-14-12-35)31-28-29-8-7-25(32-28)36-18-20(17-34-9-6-10-34)27(33-36)19(2)3/h5,7-8,15-16,18-19H,1,6,9-14,17H2,2-4H3,(H,30,37)(H,29,31,32). The molecule has 0 radical (unpaired) electrons. The van der Waals surface area contributed by atoms with E-state index >= 15 is 0 Å². The van der Waals surface area contributed by atoms with Gasteiger partial charge in [-0.3, -0.25) is 9.69 Å². The smallest absolute Gasteiger partial charge is 0.247 e. The number of methoxy groups -OCH3 is 1. The number of nitrogens with zero attached hydrogens (tertiary/aromatic N) is 6. The molecule has 2 aromatic heterocycles. The summed E-state index contributed by atoms with van der Waals surface area (Å²) in [7, 11) is 1.61. The number of carbonyl (C=O) groups excluding carboxylic acids is 1. The predicted octanol–water partition coefficient (Wildman–Crippen LogP) is 3.70. The molecule has 2 N–H and O–H groups in total. The lowest BCUT2D eigenvalue weighted by molar-refractivity contribution is -0.111. The minimum absolute atomic E-state index is 0.299. The van der Waals surface area contributed by atoms with Gasteiger partial charge in [0.25, 0.3) is 0 Å². The average Bonchev–Trinajstić information content (AvgIpc) is 3.36. The summed E-state index contributed by atoms with van der Waals surface area (Å²) in [6, 6.07) is 5.57. The second-order valence-electron chi connectivity index (χ2n) is 9.99. The zero-order valence-electron chi connectivity index (χ0n) is 22.8. The van der Waals surface area contributed by atoms with Crippen LogP contribution in [0.1, 0.15) is 37.4 Å². The van der Waals surface area contributed by atoms with Crippen LogP contribution in [0.25, 0.3) is 5.82 Å². The van der Waals surface area contributed by atoms with Crippen LogP contribution >= 0.6 is 0 Å². The number of amides is 1. The zero-order valence-corrected chi connectivity index (χ0v) is 22.8. The zero-order chi connectivity index (χ0) is 27.4. The van der Waals surface area contributed by atoms with Crippen LogP contribution in [0.4, 0.5) is 23.0 Å². The Hall–Kier alpha value is -3.96. The number of nitrogens with one attached hydrogen (secondary N) is 2. The van der Waals surface area contributed by atoms with Crippen molar-refractivity contribution in [3.63, 3.8) is 0 Å². The molecule has 0 aliphatic carbocycles. The Morgan fingerprint density at radius 1 is 1.21 bits per heavy atom. The van der Waals surface area contributed by atoms with E-state index in [9.17, 15) is 4.79 Å². The molecule has 11 nitrogen and oxygen atoms in total. The van der Waals surface area contributed by atoms with E-state index < -0.39 is 0 Å². The third kappa shape index (κ3) is 6.04. The van der Waals surface area contributed by atoms with E-state index in [0.717, 1.165) is 31.0 Å². The summed E-state index contributed by atoms with van der Waals surface area (Å²) in [5, 5.41) is 11.1. The van der Waals surface area contributed by atoms with Crippen molar-refractivity contribution in [2.75, 3.05) is 62.0 Å². The van der Waals surface area contributed by atoms with Crippen molar-refractivity contribution in [3.8, 4) is 11.6 Å². The van der Waals surface area contributed by atoms with Crippen molar-refractivity contribution in [3.05, 3.63) is 54.5 Å². The summed E-state index contributed by atoms with van der Waals surface area (Å²) in [5.41, 5.74) is 4.40. The van der Waals surface area contributed by atoms with Gasteiger partial charge in [-0.05, 0) is 37.6 Å². The van der Waals surface area contributed by atoms with Crippen LogP contribution in [0.15, 0.2) is 43.2 Å². The fourth-order valence-electron chi connectivity index (χ4n) is 4.77. The van der Waals surface area contributed by atoms with Crippen LogP contribution in [-0.2, 0) is 16.1 Å². The molecular weight excluding hydrogens is 496 g/mol. The van der Waals surface area contributed by atoms with Gasteiger partial charge in [-0.1, -0.05) is 20.4 Å². The first-order valence-electron chi connectivity index (χ1n) is 13.3. The number of likely N-dealkylation sites (tertiary alicyclic amines) is 1. The summed E-state index contributed by atoms with van der Waals surface area (Å²) < 4.78 is 13.0. The minimum Gasteiger partial charge on any atom is -0.494 e.